The summed E-state index contributed by atoms with van der Waals surface area (Å²) in [6.45, 7) is 4.30. The second-order valence-corrected chi connectivity index (χ2v) is 2.92. The van der Waals surface area contributed by atoms with Crippen LogP contribution in [0.3, 0.4) is 0 Å². The molecule has 0 saturated heterocycles. The summed E-state index contributed by atoms with van der Waals surface area (Å²) in [5.41, 5.74) is 0. The highest BCUT2D eigenvalue weighted by molar-refractivity contribution is 9.09. The number of carbonyl (C=O) groups is 1. The van der Waals surface area contributed by atoms with Gasteiger partial charge in [-0.05, 0) is 12.8 Å². The molecule has 0 aliphatic heterocycles. The molecular formula is C7H13BrO2. The summed E-state index contributed by atoms with van der Waals surface area (Å²) < 4.78 is 4.75. The number of alkyl halides is 1. The van der Waals surface area contributed by atoms with Gasteiger partial charge in [0.05, 0.1) is 6.61 Å². The van der Waals surface area contributed by atoms with Gasteiger partial charge in [-0.1, -0.05) is 22.9 Å². The predicted octanol–water partition coefficient (Wildman–Crippen LogP) is 1.97. The van der Waals surface area contributed by atoms with Crippen molar-refractivity contribution in [2.75, 3.05) is 11.9 Å². The average Bonchev–Trinajstić information content (AvgIpc) is 1.88. The zero-order valence-electron chi connectivity index (χ0n) is 6.39. The van der Waals surface area contributed by atoms with Crippen molar-refractivity contribution >= 4 is 21.9 Å². The van der Waals surface area contributed by atoms with E-state index in [1.165, 1.54) is 0 Å². The molecule has 60 valence electrons. The van der Waals surface area contributed by atoms with E-state index in [-0.39, 0.29) is 5.97 Å². The van der Waals surface area contributed by atoms with Crippen LogP contribution in [-0.2, 0) is 9.53 Å². The van der Waals surface area contributed by atoms with E-state index in [0.717, 1.165) is 5.33 Å². The quantitative estimate of drug-likeness (QED) is 0.522. The van der Waals surface area contributed by atoms with Gasteiger partial charge in [-0.2, -0.15) is 0 Å². The fourth-order valence-electron chi connectivity index (χ4n) is 0.559. The van der Waals surface area contributed by atoms with Crippen LogP contribution in [0.2, 0.25) is 0 Å². The minimum absolute atomic E-state index is 0.102. The van der Waals surface area contributed by atoms with E-state index < -0.39 is 0 Å². The molecule has 0 aliphatic rings. The summed E-state index contributed by atoms with van der Waals surface area (Å²) in [4.78, 5) is 10.8. The zero-order valence-corrected chi connectivity index (χ0v) is 7.98. The van der Waals surface area contributed by atoms with Gasteiger partial charge in [-0.25, -0.2) is 0 Å². The Kier molecular flexibility index (Phi) is 5.69. The molecule has 0 unspecified atom stereocenters. The van der Waals surface area contributed by atoms with E-state index in [1.54, 1.807) is 0 Å². The Balaban J connectivity index is 3.37. The largest absolute Gasteiger partial charge is 0.466 e. The molecule has 0 aliphatic carbocycles. The van der Waals surface area contributed by atoms with Crippen molar-refractivity contribution < 1.29 is 9.53 Å². The van der Waals surface area contributed by atoms with E-state index in [1.807, 2.05) is 13.8 Å². The minimum Gasteiger partial charge on any atom is -0.466 e. The molecule has 0 radical (unpaired) electrons. The third kappa shape index (κ3) is 4.79. The van der Waals surface area contributed by atoms with Crippen molar-refractivity contribution in [1.82, 2.24) is 0 Å². The number of hydrogen-bond acceptors (Lipinski definition) is 2. The van der Waals surface area contributed by atoms with Gasteiger partial charge in [-0.3, -0.25) is 4.79 Å². The second-order valence-electron chi connectivity index (χ2n) is 2.27. The van der Waals surface area contributed by atoms with E-state index in [2.05, 4.69) is 15.9 Å². The fourth-order valence-corrected chi connectivity index (χ4v) is 0.788. The average molecular weight is 209 g/mol. The van der Waals surface area contributed by atoms with Gasteiger partial charge in [0.1, 0.15) is 0 Å². The van der Waals surface area contributed by atoms with Gasteiger partial charge in [0, 0.05) is 11.8 Å². The first kappa shape index (κ1) is 9.95. The third-order valence-corrected chi connectivity index (χ3v) is 2.19. The molecule has 0 N–H and O–H groups in total. The van der Waals surface area contributed by atoms with E-state index in [4.69, 9.17) is 4.74 Å². The Bertz CT molecular complexity index is 104. The van der Waals surface area contributed by atoms with Crippen LogP contribution >= 0.6 is 15.9 Å². The molecule has 1 atom stereocenters. The molecule has 0 bridgehead atoms. The highest BCUT2D eigenvalue weighted by Gasteiger charge is 2.07. The molecular weight excluding hydrogens is 196 g/mol. The Morgan fingerprint density at radius 2 is 2.30 bits per heavy atom. The van der Waals surface area contributed by atoms with Crippen LogP contribution in [0.4, 0.5) is 0 Å². The monoisotopic (exact) mass is 208 g/mol. The molecule has 0 amide bonds. The highest BCUT2D eigenvalue weighted by atomic mass is 79.9. The SMILES string of the molecule is CCOC(=O)C[C@H](C)CBr. The minimum atomic E-state index is -0.102. The summed E-state index contributed by atoms with van der Waals surface area (Å²) >= 11 is 3.29. The van der Waals surface area contributed by atoms with Gasteiger partial charge >= 0.3 is 5.97 Å². The van der Waals surface area contributed by atoms with Crippen molar-refractivity contribution in [2.24, 2.45) is 5.92 Å². The molecule has 10 heavy (non-hydrogen) atoms. The van der Waals surface area contributed by atoms with Crippen LogP contribution in [-0.4, -0.2) is 17.9 Å². The lowest BCUT2D eigenvalue weighted by Crippen LogP contribution is -2.09. The van der Waals surface area contributed by atoms with Crippen LogP contribution in [0.5, 0.6) is 0 Å². The van der Waals surface area contributed by atoms with Gasteiger partial charge in [0.25, 0.3) is 0 Å². The molecule has 0 heterocycles. The Morgan fingerprint density at radius 3 is 2.70 bits per heavy atom. The summed E-state index contributed by atoms with van der Waals surface area (Å²) in [6, 6.07) is 0. The zero-order chi connectivity index (χ0) is 7.98. The maximum atomic E-state index is 10.8. The van der Waals surface area contributed by atoms with E-state index in [9.17, 15) is 4.79 Å². The van der Waals surface area contributed by atoms with Gasteiger partial charge in [-0.15, -0.1) is 0 Å². The smallest absolute Gasteiger partial charge is 0.306 e. The number of ether oxygens (including phenoxy) is 1. The summed E-state index contributed by atoms with van der Waals surface area (Å²) in [5.74, 6) is 0.272. The summed E-state index contributed by atoms with van der Waals surface area (Å²) in [7, 11) is 0. The molecule has 0 spiro atoms. The summed E-state index contributed by atoms with van der Waals surface area (Å²) in [5, 5.41) is 0.853. The first-order chi connectivity index (χ1) is 4.70. The fraction of sp³-hybridized carbons (Fsp3) is 0.857. The van der Waals surface area contributed by atoms with Crippen LogP contribution in [0.1, 0.15) is 20.3 Å². The van der Waals surface area contributed by atoms with Gasteiger partial charge in [0.2, 0.25) is 0 Å². The van der Waals surface area contributed by atoms with Crippen LogP contribution in [0.15, 0.2) is 0 Å². The van der Waals surface area contributed by atoms with Crippen LogP contribution in [0.25, 0.3) is 0 Å². The molecule has 0 fully saturated rings. The molecule has 0 aromatic heterocycles. The maximum Gasteiger partial charge on any atom is 0.306 e. The van der Waals surface area contributed by atoms with E-state index in [0.29, 0.717) is 18.9 Å². The number of esters is 1. The van der Waals surface area contributed by atoms with Crippen molar-refractivity contribution in [1.29, 1.82) is 0 Å². The Morgan fingerprint density at radius 1 is 1.70 bits per heavy atom. The molecule has 3 heteroatoms. The highest BCUT2D eigenvalue weighted by Crippen LogP contribution is 2.05. The van der Waals surface area contributed by atoms with Gasteiger partial charge < -0.3 is 4.74 Å². The lowest BCUT2D eigenvalue weighted by Gasteiger charge is -2.05. The van der Waals surface area contributed by atoms with E-state index >= 15 is 0 Å². The molecule has 0 rings (SSSR count). The number of halogens is 1. The van der Waals surface area contributed by atoms with Crippen molar-refractivity contribution in [3.8, 4) is 0 Å². The van der Waals surface area contributed by atoms with Crippen LogP contribution < -0.4 is 0 Å². The molecule has 0 aromatic rings. The molecule has 0 aromatic carbocycles. The lowest BCUT2D eigenvalue weighted by atomic mass is 10.1. The number of hydrogen-bond donors (Lipinski definition) is 0. The van der Waals surface area contributed by atoms with Crippen molar-refractivity contribution in [3.05, 3.63) is 0 Å². The van der Waals surface area contributed by atoms with Crippen molar-refractivity contribution in [2.45, 2.75) is 20.3 Å². The van der Waals surface area contributed by atoms with Crippen molar-refractivity contribution in [3.63, 3.8) is 0 Å². The normalized spacial score (nSPS) is 12.7. The standard InChI is InChI=1S/C7H13BrO2/c1-3-10-7(9)4-6(2)5-8/h6H,3-5H2,1-2H3/t6-/m0/s1. The van der Waals surface area contributed by atoms with Crippen LogP contribution in [0, 0.1) is 5.92 Å². The first-order valence-electron chi connectivity index (χ1n) is 3.42. The predicted molar refractivity (Wildman–Crippen MR) is 44.2 cm³/mol. The molecule has 2 nitrogen and oxygen atoms in total. The molecule has 0 saturated carbocycles. The lowest BCUT2D eigenvalue weighted by molar-refractivity contribution is -0.143. The topological polar surface area (TPSA) is 26.3 Å². The third-order valence-electron chi connectivity index (χ3n) is 1.08. The second kappa shape index (κ2) is 5.71. The number of rotatable bonds is 4. The number of carbonyl (C=O) groups excluding carboxylic acids is 1. The van der Waals surface area contributed by atoms with Gasteiger partial charge in [0.15, 0.2) is 0 Å². The Labute approximate surface area is 70.1 Å². The Hall–Kier alpha value is -0.0500. The summed E-state index contributed by atoms with van der Waals surface area (Å²) in [6.07, 6.45) is 0.513. The first-order valence-corrected chi connectivity index (χ1v) is 4.54. The maximum absolute atomic E-state index is 10.8.